The summed E-state index contributed by atoms with van der Waals surface area (Å²) in [5.74, 6) is 0.624. The van der Waals surface area contributed by atoms with Gasteiger partial charge >= 0.3 is 7.12 Å². The molecule has 29 heavy (non-hydrogen) atoms. The van der Waals surface area contributed by atoms with Crippen LogP contribution in [0, 0.1) is 0 Å². The number of anilines is 1. The highest BCUT2D eigenvalue weighted by atomic mass is 16.6. The summed E-state index contributed by atoms with van der Waals surface area (Å²) in [6.07, 6.45) is 3.56. The molecule has 0 saturated carbocycles. The van der Waals surface area contributed by atoms with Gasteiger partial charge in [0.1, 0.15) is 12.4 Å². The number of carbonyl (C=O) groups is 1. The van der Waals surface area contributed by atoms with E-state index < -0.39 is 7.12 Å². The Balaban J connectivity index is 1.72. The molecule has 148 valence electrons. The van der Waals surface area contributed by atoms with Crippen LogP contribution in [-0.2, 0) is 14.2 Å². The van der Waals surface area contributed by atoms with Crippen molar-refractivity contribution in [3.05, 3.63) is 42.6 Å². The summed E-state index contributed by atoms with van der Waals surface area (Å²) in [6.45, 7) is 1.39. The Morgan fingerprint density at radius 3 is 3.00 bits per heavy atom. The lowest BCUT2D eigenvalue weighted by Gasteiger charge is -2.16. The Morgan fingerprint density at radius 2 is 2.21 bits per heavy atom. The van der Waals surface area contributed by atoms with Crippen molar-refractivity contribution in [2.24, 2.45) is 0 Å². The van der Waals surface area contributed by atoms with Crippen LogP contribution in [0.2, 0.25) is 0 Å². The van der Waals surface area contributed by atoms with Gasteiger partial charge in [0.05, 0.1) is 23.5 Å². The number of hydrogen-bond acceptors (Lipinski definition) is 8. The first-order chi connectivity index (χ1) is 14.2. The van der Waals surface area contributed by atoms with Gasteiger partial charge in [-0.25, -0.2) is 0 Å². The van der Waals surface area contributed by atoms with E-state index in [4.69, 9.17) is 15.2 Å². The topological polar surface area (TPSA) is 117 Å². The monoisotopic (exact) mass is 393 g/mol. The van der Waals surface area contributed by atoms with Crippen LogP contribution in [0.3, 0.4) is 0 Å². The zero-order chi connectivity index (χ0) is 20.2. The molecule has 2 aromatic carbocycles. The van der Waals surface area contributed by atoms with E-state index >= 15 is 0 Å². The van der Waals surface area contributed by atoms with Crippen LogP contribution >= 0.6 is 0 Å². The van der Waals surface area contributed by atoms with E-state index in [1.807, 2.05) is 18.2 Å². The third-order valence-electron chi connectivity index (χ3n) is 4.90. The van der Waals surface area contributed by atoms with Crippen LogP contribution in [0.15, 0.2) is 42.6 Å². The van der Waals surface area contributed by atoms with Crippen molar-refractivity contribution < 1.29 is 23.9 Å². The lowest BCUT2D eigenvalue weighted by Crippen LogP contribution is -2.33. The van der Waals surface area contributed by atoms with Crippen molar-refractivity contribution >= 4 is 35.6 Å². The fourth-order valence-electron chi connectivity index (χ4n) is 3.39. The first-order valence-electron chi connectivity index (χ1n) is 9.32. The maximum Gasteiger partial charge on any atom is 0.561 e. The van der Waals surface area contributed by atoms with Crippen molar-refractivity contribution in [3.63, 3.8) is 0 Å². The van der Waals surface area contributed by atoms with Gasteiger partial charge in [-0.15, -0.1) is 0 Å². The SMILES string of the molecule is Nc1cnnc2cc(-c3cc(B(O)OC=O)ccc3OCC3CCCO3)ccc12. The predicted octanol–water partition coefficient (Wildman–Crippen LogP) is 1.30. The number of fused-ring (bicyclic) bond motifs is 1. The van der Waals surface area contributed by atoms with Gasteiger partial charge in [-0.1, -0.05) is 12.1 Å². The molecule has 3 aromatic rings. The standard InChI is InChI=1S/C20H20BN3O5/c22-18-10-23-24-19-8-13(3-5-16(18)19)17-9-14(21(26)29-12-25)4-6-20(17)28-11-15-2-1-7-27-15/h3-6,8-10,12,15,26H,1-2,7,11H2,(H2,22,24). The number of aromatic nitrogens is 2. The molecule has 0 spiro atoms. The van der Waals surface area contributed by atoms with E-state index in [1.165, 1.54) is 6.20 Å². The molecule has 9 heteroatoms. The molecule has 1 atom stereocenters. The molecule has 1 fully saturated rings. The molecule has 4 rings (SSSR count). The number of carbonyl (C=O) groups excluding carboxylic acids is 1. The van der Waals surface area contributed by atoms with Gasteiger partial charge in [-0.3, -0.25) is 4.79 Å². The summed E-state index contributed by atoms with van der Waals surface area (Å²) < 4.78 is 16.3. The Bertz CT molecular complexity index is 1030. The van der Waals surface area contributed by atoms with Crippen LogP contribution in [0.5, 0.6) is 5.75 Å². The zero-order valence-electron chi connectivity index (χ0n) is 15.7. The lowest BCUT2D eigenvalue weighted by atomic mass is 9.78. The average molecular weight is 393 g/mol. The number of hydrogen-bond donors (Lipinski definition) is 2. The summed E-state index contributed by atoms with van der Waals surface area (Å²) in [5, 5.41) is 18.9. The third-order valence-corrected chi connectivity index (χ3v) is 4.90. The van der Waals surface area contributed by atoms with Crippen molar-refractivity contribution in [1.82, 2.24) is 10.2 Å². The van der Waals surface area contributed by atoms with Gasteiger partial charge in [0.25, 0.3) is 6.47 Å². The second kappa shape index (κ2) is 8.46. The molecule has 0 bridgehead atoms. The molecule has 0 radical (unpaired) electrons. The quantitative estimate of drug-likeness (QED) is 0.456. The third kappa shape index (κ3) is 4.15. The first-order valence-corrected chi connectivity index (χ1v) is 9.32. The minimum absolute atomic E-state index is 0.0637. The molecular weight excluding hydrogens is 373 g/mol. The molecule has 1 unspecified atom stereocenters. The molecule has 1 aliphatic rings. The maximum absolute atomic E-state index is 10.6. The van der Waals surface area contributed by atoms with Crippen LogP contribution in [0.25, 0.3) is 22.0 Å². The summed E-state index contributed by atoms with van der Waals surface area (Å²) in [6, 6.07) is 10.7. The van der Waals surface area contributed by atoms with Gasteiger partial charge < -0.3 is 24.9 Å². The van der Waals surface area contributed by atoms with Gasteiger partial charge in [0.15, 0.2) is 0 Å². The molecule has 2 heterocycles. The van der Waals surface area contributed by atoms with Crippen molar-refractivity contribution in [2.45, 2.75) is 18.9 Å². The second-order valence-corrected chi connectivity index (χ2v) is 6.82. The highest BCUT2D eigenvalue weighted by molar-refractivity contribution is 6.61. The number of nitrogens with two attached hydrogens (primary N) is 1. The Morgan fingerprint density at radius 1 is 1.31 bits per heavy atom. The largest absolute Gasteiger partial charge is 0.561 e. The molecule has 8 nitrogen and oxygen atoms in total. The van der Waals surface area contributed by atoms with Gasteiger partial charge in [-0.05, 0) is 48.1 Å². The Kier molecular flexibility index (Phi) is 5.59. The second-order valence-electron chi connectivity index (χ2n) is 6.82. The van der Waals surface area contributed by atoms with E-state index in [9.17, 15) is 9.82 Å². The van der Waals surface area contributed by atoms with E-state index in [0.29, 0.717) is 29.0 Å². The Labute approximate surface area is 167 Å². The van der Waals surface area contributed by atoms with Gasteiger partial charge in [0, 0.05) is 17.6 Å². The zero-order valence-corrected chi connectivity index (χ0v) is 15.7. The fraction of sp³-hybridized carbons (Fsp3) is 0.250. The van der Waals surface area contributed by atoms with E-state index in [-0.39, 0.29) is 12.6 Å². The normalized spacial score (nSPS) is 16.0. The van der Waals surface area contributed by atoms with Crippen LogP contribution in [0.1, 0.15) is 12.8 Å². The fourth-order valence-corrected chi connectivity index (χ4v) is 3.39. The molecule has 1 aromatic heterocycles. The van der Waals surface area contributed by atoms with Crippen LogP contribution in [0.4, 0.5) is 5.69 Å². The molecular formula is C20H20BN3O5. The average Bonchev–Trinajstić information content (AvgIpc) is 3.26. The van der Waals surface area contributed by atoms with Gasteiger partial charge in [-0.2, -0.15) is 10.2 Å². The van der Waals surface area contributed by atoms with Crippen LogP contribution in [-0.4, -0.2) is 48.1 Å². The molecule has 1 aliphatic heterocycles. The number of benzene rings is 2. The van der Waals surface area contributed by atoms with E-state index in [2.05, 4.69) is 14.9 Å². The lowest BCUT2D eigenvalue weighted by molar-refractivity contribution is -0.121. The summed E-state index contributed by atoms with van der Waals surface area (Å²) in [4.78, 5) is 10.6. The minimum Gasteiger partial charge on any atom is -0.508 e. The van der Waals surface area contributed by atoms with Crippen molar-refractivity contribution in [2.75, 3.05) is 18.9 Å². The molecule has 0 aliphatic carbocycles. The highest BCUT2D eigenvalue weighted by Crippen LogP contribution is 2.32. The number of ether oxygens (including phenoxy) is 2. The summed E-state index contributed by atoms with van der Waals surface area (Å²) in [7, 11) is -1.37. The number of nitrogen functional groups attached to an aromatic ring is 1. The number of nitrogens with zero attached hydrogens (tertiary/aromatic N) is 2. The highest BCUT2D eigenvalue weighted by Gasteiger charge is 2.22. The predicted molar refractivity (Wildman–Crippen MR) is 109 cm³/mol. The smallest absolute Gasteiger partial charge is 0.508 e. The molecule has 1 saturated heterocycles. The van der Waals surface area contributed by atoms with Gasteiger partial charge in [0.2, 0.25) is 0 Å². The van der Waals surface area contributed by atoms with E-state index in [0.717, 1.165) is 36.0 Å². The van der Waals surface area contributed by atoms with E-state index in [1.54, 1.807) is 18.2 Å². The van der Waals surface area contributed by atoms with Crippen molar-refractivity contribution in [3.8, 4) is 16.9 Å². The molecule has 0 amide bonds. The summed E-state index contributed by atoms with van der Waals surface area (Å²) >= 11 is 0. The summed E-state index contributed by atoms with van der Waals surface area (Å²) in [5.41, 5.74) is 9.10. The maximum atomic E-state index is 10.6. The Hall–Kier alpha value is -3.17. The number of rotatable bonds is 7. The van der Waals surface area contributed by atoms with Crippen LogP contribution < -0.4 is 15.9 Å². The molecule has 3 N–H and O–H groups in total. The minimum atomic E-state index is -1.37. The van der Waals surface area contributed by atoms with Crippen molar-refractivity contribution in [1.29, 1.82) is 0 Å². The first kappa shape index (κ1) is 19.2.